The molecule has 0 N–H and O–H groups in total. The first kappa shape index (κ1) is 26.1. The van der Waals surface area contributed by atoms with E-state index in [0.29, 0.717) is 47.0 Å². The Hall–Kier alpha value is -1.10. The SMILES string of the molecule is CCC(=O)O[C@H]1CC[C@@]2(C)[C@@H](CC[C@@H]3[C@@H]2CC[C@]2(C)[C@@H]4[C@H](C[C@@H]32)O[C@@]2(CC[C@H](C)CN2C(C)=O)[C@H]4C)C1. The van der Waals surface area contributed by atoms with Gasteiger partial charge in [-0.05, 0) is 111 Å². The van der Waals surface area contributed by atoms with Crippen molar-refractivity contribution in [1.82, 2.24) is 4.90 Å². The minimum absolute atomic E-state index is 0.0316. The van der Waals surface area contributed by atoms with Crippen molar-refractivity contribution in [2.24, 2.45) is 52.3 Å². The second kappa shape index (κ2) is 8.96. The Morgan fingerprint density at radius 2 is 1.70 bits per heavy atom. The van der Waals surface area contributed by atoms with Gasteiger partial charge in [-0.15, -0.1) is 0 Å². The molecule has 4 saturated carbocycles. The predicted octanol–water partition coefficient (Wildman–Crippen LogP) is 6.59. The maximum Gasteiger partial charge on any atom is 0.305 e. The van der Waals surface area contributed by atoms with Crippen LogP contribution in [0.5, 0.6) is 0 Å². The summed E-state index contributed by atoms with van der Waals surface area (Å²) in [5, 5.41) is 0. The zero-order valence-electron chi connectivity index (χ0n) is 24.3. The standard InChI is InChI=1S/C32H51NO4/c1-7-28(35)36-23-11-13-30(5)22(16-23)8-9-24-25(30)12-14-31(6)26(24)17-27-29(31)20(3)32(37-27)15-10-19(2)18-33(32)21(4)34/h19-20,22-27,29H,7-18H2,1-6H3/t19-,20-,22-,23-,24+,25-,26-,27-,29-,30-,31-,32-/m0/s1. The predicted molar refractivity (Wildman–Crippen MR) is 143 cm³/mol. The first-order valence-electron chi connectivity index (χ1n) is 15.7. The third-order valence-electron chi connectivity index (χ3n) is 13.2. The maximum atomic E-state index is 12.8. The van der Waals surface area contributed by atoms with Gasteiger partial charge in [-0.2, -0.15) is 0 Å². The summed E-state index contributed by atoms with van der Waals surface area (Å²) in [7, 11) is 0. The Morgan fingerprint density at radius 1 is 0.946 bits per heavy atom. The zero-order chi connectivity index (χ0) is 26.3. The molecule has 2 saturated heterocycles. The second-order valence-corrected chi connectivity index (χ2v) is 14.8. The molecule has 1 amide bonds. The smallest absolute Gasteiger partial charge is 0.305 e. The van der Waals surface area contributed by atoms with Crippen LogP contribution in [0.3, 0.4) is 0 Å². The Kier molecular flexibility index (Phi) is 6.33. The van der Waals surface area contributed by atoms with E-state index in [-0.39, 0.29) is 23.7 Å². The van der Waals surface area contributed by atoms with Crippen LogP contribution >= 0.6 is 0 Å². The van der Waals surface area contributed by atoms with Gasteiger partial charge < -0.3 is 14.4 Å². The molecule has 0 aromatic carbocycles. The second-order valence-electron chi connectivity index (χ2n) is 14.8. The number of ether oxygens (including phenoxy) is 2. The van der Waals surface area contributed by atoms with Crippen molar-refractivity contribution in [3.05, 3.63) is 0 Å². The number of carbonyl (C=O) groups is 2. The van der Waals surface area contributed by atoms with E-state index in [1.165, 1.54) is 38.5 Å². The van der Waals surface area contributed by atoms with Crippen molar-refractivity contribution in [3.8, 4) is 0 Å². The van der Waals surface area contributed by atoms with Gasteiger partial charge >= 0.3 is 5.97 Å². The molecular formula is C32H51NO4. The number of likely N-dealkylation sites (tertiary alicyclic amines) is 1. The molecule has 0 unspecified atom stereocenters. The molecule has 5 heteroatoms. The van der Waals surface area contributed by atoms with Crippen molar-refractivity contribution in [3.63, 3.8) is 0 Å². The fraction of sp³-hybridized carbons (Fsp3) is 0.938. The van der Waals surface area contributed by atoms with Crippen molar-refractivity contribution < 1.29 is 19.1 Å². The molecule has 208 valence electrons. The Balaban J connectivity index is 1.21. The monoisotopic (exact) mass is 513 g/mol. The molecule has 5 nitrogen and oxygen atoms in total. The highest BCUT2D eigenvalue weighted by molar-refractivity contribution is 5.74. The number of nitrogens with zero attached hydrogens (tertiary/aromatic N) is 1. The number of esters is 1. The number of piperidine rings is 1. The Labute approximate surface area is 224 Å². The van der Waals surface area contributed by atoms with Gasteiger partial charge in [-0.1, -0.05) is 34.6 Å². The summed E-state index contributed by atoms with van der Waals surface area (Å²) in [5.41, 5.74) is 0.323. The van der Waals surface area contributed by atoms with Crippen LogP contribution < -0.4 is 0 Å². The number of hydrogen-bond acceptors (Lipinski definition) is 4. The van der Waals surface area contributed by atoms with E-state index in [9.17, 15) is 9.59 Å². The molecule has 6 aliphatic rings. The number of amides is 1. The van der Waals surface area contributed by atoms with Gasteiger partial charge in [0.05, 0.1) is 6.10 Å². The topological polar surface area (TPSA) is 55.8 Å². The van der Waals surface area contributed by atoms with E-state index in [2.05, 4.69) is 32.6 Å². The summed E-state index contributed by atoms with van der Waals surface area (Å²) < 4.78 is 13.0. The molecule has 0 radical (unpaired) electrons. The van der Waals surface area contributed by atoms with Crippen molar-refractivity contribution in [1.29, 1.82) is 0 Å². The van der Waals surface area contributed by atoms with Crippen LogP contribution in [0.25, 0.3) is 0 Å². The fourth-order valence-corrected chi connectivity index (χ4v) is 11.4. The average Bonchev–Trinajstić information content (AvgIpc) is 3.31. The first-order chi connectivity index (χ1) is 17.5. The van der Waals surface area contributed by atoms with Crippen LogP contribution in [0, 0.1) is 52.3 Å². The lowest BCUT2D eigenvalue weighted by Gasteiger charge is -2.61. The van der Waals surface area contributed by atoms with Gasteiger partial charge in [0, 0.05) is 25.8 Å². The van der Waals surface area contributed by atoms with Crippen molar-refractivity contribution in [2.45, 2.75) is 130 Å². The summed E-state index contributed by atoms with van der Waals surface area (Å²) in [6.07, 6.45) is 12.8. The summed E-state index contributed by atoms with van der Waals surface area (Å²) >= 11 is 0. The molecular weight excluding hydrogens is 462 g/mol. The number of carbonyl (C=O) groups excluding carboxylic acids is 2. The molecule has 4 aliphatic carbocycles. The molecule has 0 bridgehead atoms. The summed E-state index contributed by atoms with van der Waals surface area (Å²) in [6.45, 7) is 14.4. The van der Waals surface area contributed by atoms with E-state index in [1.54, 1.807) is 6.92 Å². The Bertz CT molecular complexity index is 936. The normalized spacial score (nSPS) is 52.7. The fourth-order valence-electron chi connectivity index (χ4n) is 11.4. The number of hydrogen-bond donors (Lipinski definition) is 0. The quantitative estimate of drug-likeness (QED) is 0.391. The maximum absolute atomic E-state index is 12.8. The summed E-state index contributed by atoms with van der Waals surface area (Å²) in [6, 6.07) is 0. The van der Waals surface area contributed by atoms with E-state index in [0.717, 1.165) is 50.0 Å². The molecule has 12 atom stereocenters. The van der Waals surface area contributed by atoms with E-state index >= 15 is 0 Å². The van der Waals surface area contributed by atoms with Gasteiger partial charge in [0.15, 0.2) is 0 Å². The van der Waals surface area contributed by atoms with Gasteiger partial charge in [-0.3, -0.25) is 9.59 Å². The lowest BCUT2D eigenvalue weighted by atomic mass is 9.44. The Morgan fingerprint density at radius 3 is 2.43 bits per heavy atom. The van der Waals surface area contributed by atoms with E-state index < -0.39 is 0 Å². The minimum atomic E-state index is -0.379. The van der Waals surface area contributed by atoms with E-state index in [1.807, 2.05) is 6.92 Å². The first-order valence-corrected chi connectivity index (χ1v) is 15.7. The van der Waals surface area contributed by atoms with Crippen LogP contribution in [0.1, 0.15) is 112 Å². The largest absolute Gasteiger partial charge is 0.462 e. The molecule has 0 aromatic heterocycles. The minimum Gasteiger partial charge on any atom is -0.462 e. The van der Waals surface area contributed by atoms with Gasteiger partial charge in [0.1, 0.15) is 11.8 Å². The van der Waals surface area contributed by atoms with E-state index in [4.69, 9.17) is 9.47 Å². The molecule has 6 fully saturated rings. The molecule has 2 heterocycles. The van der Waals surface area contributed by atoms with Crippen molar-refractivity contribution in [2.75, 3.05) is 6.54 Å². The van der Waals surface area contributed by atoms with Crippen LogP contribution in [0.15, 0.2) is 0 Å². The molecule has 2 aliphatic heterocycles. The van der Waals surface area contributed by atoms with Crippen LogP contribution in [-0.4, -0.2) is 41.3 Å². The van der Waals surface area contributed by atoms with Crippen LogP contribution in [0.2, 0.25) is 0 Å². The highest BCUT2D eigenvalue weighted by Gasteiger charge is 2.70. The lowest BCUT2D eigenvalue weighted by Crippen LogP contribution is -2.60. The molecule has 0 aromatic rings. The summed E-state index contributed by atoms with van der Waals surface area (Å²) in [4.78, 5) is 26.9. The van der Waals surface area contributed by atoms with Crippen LogP contribution in [-0.2, 0) is 19.1 Å². The zero-order valence-corrected chi connectivity index (χ0v) is 24.3. The average molecular weight is 514 g/mol. The van der Waals surface area contributed by atoms with Gasteiger partial charge in [-0.25, -0.2) is 0 Å². The van der Waals surface area contributed by atoms with Crippen molar-refractivity contribution >= 4 is 11.9 Å². The molecule has 37 heavy (non-hydrogen) atoms. The number of fused-ring (bicyclic) bond motifs is 7. The summed E-state index contributed by atoms with van der Waals surface area (Å²) in [5.74, 6) is 4.69. The van der Waals surface area contributed by atoms with Gasteiger partial charge in [0.25, 0.3) is 0 Å². The lowest BCUT2D eigenvalue weighted by molar-refractivity contribution is -0.201. The molecule has 1 spiro atoms. The number of rotatable bonds is 2. The van der Waals surface area contributed by atoms with Crippen LogP contribution in [0.4, 0.5) is 0 Å². The highest BCUT2D eigenvalue weighted by Crippen LogP contribution is 2.71. The highest BCUT2D eigenvalue weighted by atomic mass is 16.5. The van der Waals surface area contributed by atoms with Gasteiger partial charge in [0.2, 0.25) is 5.91 Å². The third kappa shape index (κ3) is 3.71. The molecule has 6 rings (SSSR count). The third-order valence-corrected chi connectivity index (χ3v) is 13.2.